The largest absolute Gasteiger partial charge is 0.143 e. The van der Waals surface area contributed by atoms with Crippen LogP contribution in [0.5, 0.6) is 0 Å². The Morgan fingerprint density at radius 3 is 2.69 bits per heavy atom. The Bertz CT molecular complexity index is 1220. The SMILES string of the molecule is C=CCC1(C2=CCC(CCc3ccc4scc(-c5ccccc5C)c4c3)C=C2)CC(=C)C1. The first-order valence-corrected chi connectivity index (χ1v) is 12.7. The van der Waals surface area contributed by atoms with Gasteiger partial charge in [0.15, 0.2) is 0 Å². The lowest BCUT2D eigenvalue weighted by molar-refractivity contribution is 0.274. The van der Waals surface area contributed by atoms with E-state index >= 15 is 0 Å². The van der Waals surface area contributed by atoms with Crippen LogP contribution in [0.1, 0.15) is 43.2 Å². The van der Waals surface area contributed by atoms with E-state index in [1.54, 1.807) is 0 Å². The summed E-state index contributed by atoms with van der Waals surface area (Å²) in [5.41, 5.74) is 8.72. The molecule has 0 radical (unpaired) electrons. The minimum absolute atomic E-state index is 0.288. The van der Waals surface area contributed by atoms with E-state index in [1.165, 1.54) is 49.9 Å². The van der Waals surface area contributed by atoms with Crippen LogP contribution in [0.4, 0.5) is 0 Å². The van der Waals surface area contributed by atoms with Gasteiger partial charge < -0.3 is 0 Å². The fraction of sp³-hybridized carbons (Fsp3) is 0.290. The molecule has 1 heterocycles. The van der Waals surface area contributed by atoms with Gasteiger partial charge in [-0.2, -0.15) is 0 Å². The second-order valence-corrected chi connectivity index (χ2v) is 10.6. The summed E-state index contributed by atoms with van der Waals surface area (Å²) in [5.74, 6) is 0.636. The molecule has 2 aliphatic rings. The van der Waals surface area contributed by atoms with E-state index in [1.807, 2.05) is 11.3 Å². The lowest BCUT2D eigenvalue weighted by Gasteiger charge is -2.45. The molecule has 1 unspecified atom stereocenters. The second kappa shape index (κ2) is 8.71. The molecule has 32 heavy (non-hydrogen) atoms. The van der Waals surface area contributed by atoms with Crippen LogP contribution < -0.4 is 0 Å². The predicted octanol–water partition coefficient (Wildman–Crippen LogP) is 9.22. The van der Waals surface area contributed by atoms with Gasteiger partial charge in [-0.15, -0.1) is 17.9 Å². The van der Waals surface area contributed by atoms with Gasteiger partial charge in [-0.05, 0) is 91.1 Å². The number of aryl methyl sites for hydroxylation is 2. The molecule has 1 saturated carbocycles. The van der Waals surface area contributed by atoms with Crippen LogP contribution in [-0.2, 0) is 6.42 Å². The van der Waals surface area contributed by atoms with Crippen molar-refractivity contribution >= 4 is 21.4 Å². The van der Waals surface area contributed by atoms with Crippen molar-refractivity contribution in [1.29, 1.82) is 0 Å². The monoisotopic (exact) mass is 436 g/mol. The van der Waals surface area contributed by atoms with Crippen molar-refractivity contribution in [1.82, 2.24) is 0 Å². The van der Waals surface area contributed by atoms with Crippen LogP contribution >= 0.6 is 11.3 Å². The van der Waals surface area contributed by atoms with Crippen molar-refractivity contribution in [2.75, 3.05) is 0 Å². The minimum atomic E-state index is 0.288. The predicted molar refractivity (Wildman–Crippen MR) is 141 cm³/mol. The topological polar surface area (TPSA) is 0 Å². The number of thiophene rings is 1. The highest BCUT2D eigenvalue weighted by molar-refractivity contribution is 7.17. The Hall–Kier alpha value is -2.64. The Balaban J connectivity index is 1.28. The molecule has 0 aliphatic heterocycles. The van der Waals surface area contributed by atoms with Crippen LogP contribution in [0.2, 0.25) is 0 Å². The highest BCUT2D eigenvalue weighted by Crippen LogP contribution is 2.54. The van der Waals surface area contributed by atoms with Crippen LogP contribution in [0.25, 0.3) is 21.2 Å². The van der Waals surface area contributed by atoms with Crippen LogP contribution in [0.3, 0.4) is 0 Å². The molecule has 162 valence electrons. The first-order chi connectivity index (χ1) is 15.6. The molecule has 2 aliphatic carbocycles. The maximum absolute atomic E-state index is 4.17. The molecule has 1 aromatic heterocycles. The number of fused-ring (bicyclic) bond motifs is 1. The quantitative estimate of drug-likeness (QED) is 0.324. The van der Waals surface area contributed by atoms with Gasteiger partial charge in [0.05, 0.1) is 0 Å². The molecular formula is C31H32S. The van der Waals surface area contributed by atoms with E-state index in [0.717, 1.165) is 32.1 Å². The summed E-state index contributed by atoms with van der Waals surface area (Å²) in [6.45, 7) is 10.4. The minimum Gasteiger partial charge on any atom is -0.143 e. The number of hydrogen-bond acceptors (Lipinski definition) is 1. The first-order valence-electron chi connectivity index (χ1n) is 11.8. The van der Waals surface area contributed by atoms with Crippen molar-refractivity contribution in [3.8, 4) is 11.1 Å². The summed E-state index contributed by atoms with van der Waals surface area (Å²) >= 11 is 1.85. The summed E-state index contributed by atoms with van der Waals surface area (Å²) in [7, 11) is 0. The number of rotatable bonds is 7. The van der Waals surface area contributed by atoms with Crippen molar-refractivity contribution in [2.24, 2.45) is 11.3 Å². The molecular weight excluding hydrogens is 404 g/mol. The van der Waals surface area contributed by atoms with E-state index in [4.69, 9.17) is 0 Å². The number of benzene rings is 2. The third-order valence-electron chi connectivity index (χ3n) is 7.39. The fourth-order valence-electron chi connectivity index (χ4n) is 5.59. The van der Waals surface area contributed by atoms with E-state index in [2.05, 4.69) is 92.2 Å². The third kappa shape index (κ3) is 3.95. The van der Waals surface area contributed by atoms with Gasteiger partial charge in [0, 0.05) is 21.1 Å². The van der Waals surface area contributed by atoms with Gasteiger partial charge in [-0.25, -0.2) is 0 Å². The third-order valence-corrected chi connectivity index (χ3v) is 8.35. The second-order valence-electron chi connectivity index (χ2n) is 9.72. The van der Waals surface area contributed by atoms with Gasteiger partial charge in [0.2, 0.25) is 0 Å². The van der Waals surface area contributed by atoms with Gasteiger partial charge in [0.25, 0.3) is 0 Å². The normalized spacial score (nSPS) is 19.6. The molecule has 5 rings (SSSR count). The molecule has 0 bridgehead atoms. The lowest BCUT2D eigenvalue weighted by Crippen LogP contribution is -2.33. The van der Waals surface area contributed by atoms with Crippen molar-refractivity contribution in [2.45, 2.75) is 45.4 Å². The summed E-state index contributed by atoms with van der Waals surface area (Å²) in [5, 5.41) is 3.72. The molecule has 2 aromatic carbocycles. The Morgan fingerprint density at radius 1 is 1.12 bits per heavy atom. The maximum atomic E-state index is 4.17. The Morgan fingerprint density at radius 2 is 1.97 bits per heavy atom. The Kier molecular flexibility index (Phi) is 5.78. The molecule has 1 fully saturated rings. The zero-order chi connectivity index (χ0) is 22.1. The molecule has 0 amide bonds. The standard InChI is InChI=1S/C31H32S/c1-4-17-31(19-22(2)20-31)26-14-11-24(12-15-26)9-10-25-13-16-30-28(18-25)29(21-32-30)27-8-6-5-7-23(27)3/h4-8,11,13-16,18,21,24H,1-2,9-10,12,17,19-20H2,3H3. The zero-order valence-corrected chi connectivity index (χ0v) is 19.9. The average Bonchev–Trinajstić information content (AvgIpc) is 3.20. The smallest absolute Gasteiger partial charge is 0.0349 e. The van der Waals surface area contributed by atoms with E-state index in [-0.39, 0.29) is 5.41 Å². The first kappa shape index (κ1) is 21.2. The van der Waals surface area contributed by atoms with Gasteiger partial charge in [-0.1, -0.05) is 66.8 Å². The summed E-state index contributed by atoms with van der Waals surface area (Å²) in [4.78, 5) is 0. The Labute approximate surface area is 196 Å². The summed E-state index contributed by atoms with van der Waals surface area (Å²) < 4.78 is 1.38. The fourth-order valence-corrected chi connectivity index (χ4v) is 6.53. The molecule has 0 saturated heterocycles. The van der Waals surface area contributed by atoms with Gasteiger partial charge >= 0.3 is 0 Å². The van der Waals surface area contributed by atoms with E-state index in [0.29, 0.717) is 5.92 Å². The molecule has 0 spiro atoms. The molecule has 1 atom stereocenters. The van der Waals surface area contributed by atoms with Crippen LogP contribution in [0, 0.1) is 18.3 Å². The number of allylic oxidation sites excluding steroid dienone is 6. The van der Waals surface area contributed by atoms with E-state index in [9.17, 15) is 0 Å². The number of hydrogen-bond donors (Lipinski definition) is 0. The van der Waals surface area contributed by atoms with Crippen LogP contribution in [0.15, 0.2) is 96.5 Å². The van der Waals surface area contributed by atoms with Gasteiger partial charge in [0.1, 0.15) is 0 Å². The molecule has 3 aromatic rings. The molecule has 0 N–H and O–H groups in total. The highest BCUT2D eigenvalue weighted by Gasteiger charge is 2.41. The summed E-state index contributed by atoms with van der Waals surface area (Å²) in [6, 6.07) is 15.8. The van der Waals surface area contributed by atoms with E-state index < -0.39 is 0 Å². The van der Waals surface area contributed by atoms with Crippen molar-refractivity contribution < 1.29 is 0 Å². The van der Waals surface area contributed by atoms with Crippen LogP contribution in [-0.4, -0.2) is 0 Å². The van der Waals surface area contributed by atoms with Crippen molar-refractivity contribution in [3.63, 3.8) is 0 Å². The highest BCUT2D eigenvalue weighted by atomic mass is 32.1. The summed E-state index contributed by atoms with van der Waals surface area (Å²) in [6.07, 6.45) is 16.3. The lowest BCUT2D eigenvalue weighted by atomic mass is 9.59. The van der Waals surface area contributed by atoms with Crippen molar-refractivity contribution in [3.05, 3.63) is 108 Å². The molecule has 1 heteroatoms. The van der Waals surface area contributed by atoms with Gasteiger partial charge in [-0.3, -0.25) is 0 Å². The average molecular weight is 437 g/mol. The zero-order valence-electron chi connectivity index (χ0n) is 19.1. The molecule has 0 nitrogen and oxygen atoms in total. The maximum Gasteiger partial charge on any atom is 0.0349 e.